The van der Waals surface area contributed by atoms with E-state index in [1.54, 1.807) is 0 Å². The van der Waals surface area contributed by atoms with Crippen LogP contribution in [-0.4, -0.2) is 67.0 Å². The summed E-state index contributed by atoms with van der Waals surface area (Å²) in [6.07, 6.45) is -5.87. The summed E-state index contributed by atoms with van der Waals surface area (Å²) < 4.78 is 52.4. The number of hydrogen-bond acceptors (Lipinski definition) is 9. The van der Waals surface area contributed by atoms with E-state index in [1.807, 2.05) is 159 Å². The van der Waals surface area contributed by atoms with Crippen molar-refractivity contribution in [1.29, 1.82) is 0 Å². The Morgan fingerprint density at radius 2 is 0.893 bits per heavy atom. The van der Waals surface area contributed by atoms with Gasteiger partial charge in [-0.2, -0.15) is 0 Å². The summed E-state index contributed by atoms with van der Waals surface area (Å²) in [7, 11) is 0. The van der Waals surface area contributed by atoms with Gasteiger partial charge in [-0.05, 0) is 34.7 Å². The summed E-state index contributed by atoms with van der Waals surface area (Å²) in [6.45, 7) is 3.81. The van der Waals surface area contributed by atoms with E-state index in [2.05, 4.69) is 0 Å². The predicted octanol–water partition coefficient (Wildman–Crippen LogP) is 7.78. The molecule has 2 aliphatic rings. The van der Waals surface area contributed by atoms with Crippen molar-refractivity contribution < 1.29 is 43.0 Å². The molecule has 2 saturated heterocycles. The third kappa shape index (κ3) is 11.4. The fourth-order valence-corrected chi connectivity index (χ4v) is 7.17. The van der Waals surface area contributed by atoms with E-state index in [-0.39, 0.29) is 38.1 Å². The molecule has 56 heavy (non-hydrogen) atoms. The highest BCUT2D eigenvalue weighted by molar-refractivity contribution is 5.17. The Labute approximate surface area is 330 Å². The molecule has 2 fully saturated rings. The summed E-state index contributed by atoms with van der Waals surface area (Å²) in [6, 6.07) is 49.9. The van der Waals surface area contributed by atoms with E-state index in [0.717, 1.165) is 27.8 Å². The molecule has 9 atom stereocenters. The summed E-state index contributed by atoms with van der Waals surface area (Å²) in [5.74, 6) is 0. The van der Waals surface area contributed by atoms with Crippen molar-refractivity contribution in [2.24, 2.45) is 0 Å². The quantitative estimate of drug-likeness (QED) is 0.0962. The molecule has 0 saturated carbocycles. The van der Waals surface area contributed by atoms with E-state index in [9.17, 15) is 5.11 Å². The highest BCUT2D eigenvalue weighted by Gasteiger charge is 2.50. The Balaban J connectivity index is 1.14. The molecule has 0 bridgehead atoms. The molecule has 0 radical (unpaired) electrons. The third-order valence-electron chi connectivity index (χ3n) is 10.1. The minimum absolute atomic E-state index is 0.131. The summed E-state index contributed by atoms with van der Waals surface area (Å²) in [5, 5.41) is 11.6. The summed E-state index contributed by atoms with van der Waals surface area (Å²) in [5.41, 5.74) is 5.07. The number of benzene rings is 5. The second-order valence-corrected chi connectivity index (χ2v) is 14.3. The van der Waals surface area contributed by atoms with Gasteiger partial charge in [-0.15, -0.1) is 0 Å². The number of rotatable bonds is 18. The average Bonchev–Trinajstić information content (AvgIpc) is 3.24. The second kappa shape index (κ2) is 20.8. The molecule has 0 aliphatic carbocycles. The Morgan fingerprint density at radius 3 is 1.38 bits per heavy atom. The number of aliphatic hydroxyl groups excluding tert-OH is 1. The van der Waals surface area contributed by atoms with Crippen LogP contribution in [0.3, 0.4) is 0 Å². The van der Waals surface area contributed by atoms with Crippen molar-refractivity contribution in [3.63, 3.8) is 0 Å². The van der Waals surface area contributed by atoms with Gasteiger partial charge in [0.15, 0.2) is 12.6 Å². The first-order chi connectivity index (χ1) is 27.6. The monoisotopic (exact) mass is 760 g/mol. The number of ether oxygens (including phenoxy) is 8. The zero-order valence-corrected chi connectivity index (χ0v) is 31.8. The molecule has 9 heteroatoms. The first-order valence-electron chi connectivity index (χ1n) is 19.5. The predicted molar refractivity (Wildman–Crippen MR) is 211 cm³/mol. The van der Waals surface area contributed by atoms with Gasteiger partial charge in [0.2, 0.25) is 0 Å². The maximum Gasteiger partial charge on any atom is 0.184 e. The molecule has 1 N–H and O–H groups in total. The van der Waals surface area contributed by atoms with Gasteiger partial charge < -0.3 is 43.0 Å². The van der Waals surface area contributed by atoms with Gasteiger partial charge in [-0.3, -0.25) is 0 Å². The minimum Gasteiger partial charge on any atom is -0.374 e. The fraction of sp³-hybridized carbons (Fsp3) is 0.362. The maximum absolute atomic E-state index is 11.6. The van der Waals surface area contributed by atoms with Gasteiger partial charge in [0, 0.05) is 6.42 Å². The van der Waals surface area contributed by atoms with Crippen LogP contribution in [0.4, 0.5) is 0 Å². The topological polar surface area (TPSA) is 94.1 Å². The number of hydrogen-bond donors (Lipinski definition) is 1. The molecule has 2 heterocycles. The molecule has 2 aliphatic heterocycles. The van der Waals surface area contributed by atoms with Crippen molar-refractivity contribution in [1.82, 2.24) is 0 Å². The van der Waals surface area contributed by atoms with Crippen LogP contribution in [0.1, 0.15) is 41.2 Å². The van der Waals surface area contributed by atoms with Crippen LogP contribution in [0.2, 0.25) is 0 Å². The lowest BCUT2D eigenvalue weighted by molar-refractivity contribution is -0.350. The average molecular weight is 761 g/mol. The van der Waals surface area contributed by atoms with Gasteiger partial charge >= 0.3 is 0 Å². The van der Waals surface area contributed by atoms with Crippen LogP contribution in [0.5, 0.6) is 0 Å². The molecule has 7 rings (SSSR count). The van der Waals surface area contributed by atoms with E-state index >= 15 is 0 Å². The molecule has 9 nitrogen and oxygen atoms in total. The standard InChI is InChI=1S/C47H52O9/c1-34-43(51-30-37-21-11-4-12-22-37)40(50-29-36-19-9-3-10-20-36)27-42(54-34)56-44-41(33-49-28-35-17-7-2-8-18-35)55-47(48)46(53-32-39-25-15-6-16-26-39)45(44)52-31-38-23-13-5-14-24-38/h2-26,34,40-48H,27-33H2,1H3/t34-,40-,41-,42+,43-,44-,45+,46-,47-/m1/s1. The van der Waals surface area contributed by atoms with Crippen LogP contribution in [0.15, 0.2) is 152 Å². The van der Waals surface area contributed by atoms with Gasteiger partial charge in [-0.25, -0.2) is 0 Å². The Hall–Kier alpha value is -4.26. The molecular formula is C47H52O9. The Bertz CT molecular complexity index is 1820. The Morgan fingerprint density at radius 1 is 0.482 bits per heavy atom. The van der Waals surface area contributed by atoms with Crippen molar-refractivity contribution in [2.45, 2.75) is 102 Å². The van der Waals surface area contributed by atoms with E-state index in [4.69, 9.17) is 37.9 Å². The van der Waals surface area contributed by atoms with Crippen molar-refractivity contribution >= 4 is 0 Å². The first kappa shape index (κ1) is 40.0. The zero-order chi connectivity index (χ0) is 38.4. The van der Waals surface area contributed by atoms with Crippen molar-refractivity contribution in [2.75, 3.05) is 6.61 Å². The molecule has 294 valence electrons. The smallest absolute Gasteiger partial charge is 0.184 e. The van der Waals surface area contributed by atoms with Crippen molar-refractivity contribution in [3.05, 3.63) is 179 Å². The molecule has 0 aromatic heterocycles. The second-order valence-electron chi connectivity index (χ2n) is 14.3. The van der Waals surface area contributed by atoms with Gasteiger partial charge in [-0.1, -0.05) is 152 Å². The highest BCUT2D eigenvalue weighted by Crippen LogP contribution is 2.34. The fourth-order valence-electron chi connectivity index (χ4n) is 7.17. The first-order valence-corrected chi connectivity index (χ1v) is 19.5. The SMILES string of the molecule is C[C@H]1O[C@@H](O[C@H]2[C@H](OCc3ccccc3)[C@@H](OCc3ccccc3)[C@H](O)O[C@@H]2COCc2ccccc2)C[C@@H](OCc2ccccc2)[C@@H]1OCc1ccccc1. The van der Waals surface area contributed by atoms with Crippen LogP contribution in [0, 0.1) is 0 Å². The molecule has 5 aromatic rings. The highest BCUT2D eigenvalue weighted by atomic mass is 16.7. The zero-order valence-electron chi connectivity index (χ0n) is 31.8. The van der Waals surface area contributed by atoms with Crippen molar-refractivity contribution in [3.8, 4) is 0 Å². The summed E-state index contributed by atoms with van der Waals surface area (Å²) >= 11 is 0. The van der Waals surface area contributed by atoms with Gasteiger partial charge in [0.1, 0.15) is 30.5 Å². The lowest BCUT2D eigenvalue weighted by atomic mass is 9.97. The van der Waals surface area contributed by atoms with Crippen LogP contribution in [-0.2, 0) is 70.9 Å². The summed E-state index contributed by atoms with van der Waals surface area (Å²) in [4.78, 5) is 0. The van der Waals surface area contributed by atoms with Gasteiger partial charge in [0.05, 0.1) is 51.8 Å². The number of aliphatic hydroxyl groups is 1. The maximum atomic E-state index is 11.6. The molecule has 5 aromatic carbocycles. The molecule has 0 unspecified atom stereocenters. The van der Waals surface area contributed by atoms with Gasteiger partial charge in [0.25, 0.3) is 0 Å². The van der Waals surface area contributed by atoms with Crippen LogP contribution < -0.4 is 0 Å². The normalized spacial score (nSPS) is 26.5. The molecular weight excluding hydrogens is 709 g/mol. The Kier molecular flexibility index (Phi) is 14.8. The molecule has 0 spiro atoms. The molecule has 0 amide bonds. The van der Waals surface area contributed by atoms with Crippen LogP contribution in [0.25, 0.3) is 0 Å². The lowest BCUT2D eigenvalue weighted by Gasteiger charge is -2.47. The van der Waals surface area contributed by atoms with Crippen LogP contribution >= 0.6 is 0 Å². The lowest BCUT2D eigenvalue weighted by Crippen LogP contribution is -2.62. The third-order valence-corrected chi connectivity index (χ3v) is 10.1. The van der Waals surface area contributed by atoms with E-state index in [0.29, 0.717) is 26.2 Å². The minimum atomic E-state index is -1.31. The largest absolute Gasteiger partial charge is 0.374 e. The van der Waals surface area contributed by atoms with E-state index in [1.165, 1.54) is 0 Å². The van der Waals surface area contributed by atoms with E-state index < -0.39 is 37.0 Å².